The Hall–Kier alpha value is -3.20. The highest BCUT2D eigenvalue weighted by molar-refractivity contribution is 7.80. The third-order valence-electron chi connectivity index (χ3n) is 5.63. The Kier molecular flexibility index (Phi) is 7.86. The molecule has 0 spiro atoms. The lowest BCUT2D eigenvalue weighted by atomic mass is 9.83. The summed E-state index contributed by atoms with van der Waals surface area (Å²) in [6.07, 6.45) is 6.48. The SMILES string of the molecule is CCCc1c(OCC(=O)OCC)ccc(C(=O)CN2C=C3C=CC(C(N)=S)C(=O)C3C2)c1O. The number of phenolic OH excluding ortho intramolecular Hbond substituents is 1. The minimum absolute atomic E-state index is 0.00100. The molecule has 3 rings (SSSR count). The molecule has 1 heterocycles. The average molecular weight is 473 g/mol. The summed E-state index contributed by atoms with van der Waals surface area (Å²) in [6, 6.07) is 3.07. The molecule has 0 bridgehead atoms. The predicted molar refractivity (Wildman–Crippen MR) is 126 cm³/mol. The number of thiocarbonyl (C=S) groups is 1. The molecular formula is C24H28N2O6S. The lowest BCUT2D eigenvalue weighted by molar-refractivity contribution is -0.145. The van der Waals surface area contributed by atoms with E-state index in [1.807, 2.05) is 13.0 Å². The standard InChI is InChI=1S/C24H28N2O6S/c1-3-5-16-20(32-13-21(28)31-4-2)9-8-15(22(16)29)19(27)12-26-10-14-6-7-17(24(25)33)23(30)18(14)11-26/h6-10,17-18,29H,3-5,11-13H2,1-2H3,(H2,25,33). The third-order valence-corrected chi connectivity index (χ3v) is 5.88. The van der Waals surface area contributed by atoms with E-state index >= 15 is 0 Å². The summed E-state index contributed by atoms with van der Waals surface area (Å²) in [7, 11) is 0. The van der Waals surface area contributed by atoms with E-state index in [0.29, 0.717) is 30.7 Å². The van der Waals surface area contributed by atoms with Crippen LogP contribution in [0.3, 0.4) is 0 Å². The number of hydrogen-bond acceptors (Lipinski definition) is 8. The zero-order chi connectivity index (χ0) is 24.1. The quantitative estimate of drug-likeness (QED) is 0.300. The highest BCUT2D eigenvalue weighted by Gasteiger charge is 2.37. The minimum atomic E-state index is -0.583. The van der Waals surface area contributed by atoms with Crippen LogP contribution in [-0.2, 0) is 20.7 Å². The maximum atomic E-state index is 13.0. The fourth-order valence-corrected chi connectivity index (χ4v) is 4.24. The lowest BCUT2D eigenvalue weighted by Gasteiger charge is -2.22. The highest BCUT2D eigenvalue weighted by Crippen LogP contribution is 2.34. The van der Waals surface area contributed by atoms with Crippen LogP contribution in [0.5, 0.6) is 11.5 Å². The van der Waals surface area contributed by atoms with E-state index in [4.69, 9.17) is 27.4 Å². The van der Waals surface area contributed by atoms with Gasteiger partial charge in [0.1, 0.15) is 11.5 Å². The number of nitrogens with two attached hydrogens (primary N) is 1. The molecule has 1 aliphatic carbocycles. The molecule has 8 nitrogen and oxygen atoms in total. The molecule has 3 N–H and O–H groups in total. The van der Waals surface area contributed by atoms with Crippen LogP contribution in [0.25, 0.3) is 0 Å². The first-order valence-electron chi connectivity index (χ1n) is 10.9. The summed E-state index contributed by atoms with van der Waals surface area (Å²) in [5, 5.41) is 10.8. The summed E-state index contributed by atoms with van der Waals surface area (Å²) in [5.41, 5.74) is 7.12. The van der Waals surface area contributed by atoms with Gasteiger partial charge in [-0.1, -0.05) is 37.7 Å². The van der Waals surface area contributed by atoms with E-state index in [1.165, 1.54) is 6.07 Å². The van der Waals surface area contributed by atoms with Crippen LogP contribution in [-0.4, -0.2) is 58.8 Å². The number of aromatic hydroxyl groups is 1. The summed E-state index contributed by atoms with van der Waals surface area (Å²) in [6.45, 7) is 3.96. The molecule has 1 aromatic carbocycles. The van der Waals surface area contributed by atoms with Crippen molar-refractivity contribution in [2.75, 3.05) is 26.3 Å². The van der Waals surface area contributed by atoms with Gasteiger partial charge in [0.05, 0.1) is 35.5 Å². The number of esters is 1. The van der Waals surface area contributed by atoms with E-state index in [2.05, 4.69) is 0 Å². The van der Waals surface area contributed by atoms with Gasteiger partial charge in [0.2, 0.25) is 0 Å². The summed E-state index contributed by atoms with van der Waals surface area (Å²) < 4.78 is 10.4. The van der Waals surface area contributed by atoms with Gasteiger partial charge in [0.25, 0.3) is 0 Å². The van der Waals surface area contributed by atoms with Crippen molar-refractivity contribution in [1.29, 1.82) is 0 Å². The van der Waals surface area contributed by atoms with Crippen LogP contribution in [0.1, 0.15) is 36.2 Å². The van der Waals surface area contributed by atoms with Gasteiger partial charge < -0.3 is 25.2 Å². The molecule has 1 aliphatic heterocycles. The van der Waals surface area contributed by atoms with E-state index in [9.17, 15) is 19.5 Å². The minimum Gasteiger partial charge on any atom is -0.507 e. The van der Waals surface area contributed by atoms with Crippen molar-refractivity contribution in [2.45, 2.75) is 26.7 Å². The van der Waals surface area contributed by atoms with Crippen molar-refractivity contribution in [2.24, 2.45) is 17.6 Å². The van der Waals surface area contributed by atoms with Crippen molar-refractivity contribution in [3.8, 4) is 11.5 Å². The number of carbonyl (C=O) groups is 3. The summed E-state index contributed by atoms with van der Waals surface area (Å²) >= 11 is 4.98. The number of hydrogen-bond donors (Lipinski definition) is 2. The zero-order valence-electron chi connectivity index (χ0n) is 18.7. The maximum Gasteiger partial charge on any atom is 0.344 e. The number of carbonyl (C=O) groups excluding carboxylic acids is 3. The number of phenols is 1. The molecule has 0 aromatic heterocycles. The molecule has 176 valence electrons. The van der Waals surface area contributed by atoms with Gasteiger partial charge >= 0.3 is 5.97 Å². The first-order chi connectivity index (χ1) is 15.8. The van der Waals surface area contributed by atoms with Gasteiger partial charge in [-0.15, -0.1) is 0 Å². The number of benzene rings is 1. The highest BCUT2D eigenvalue weighted by atomic mass is 32.1. The number of allylic oxidation sites excluding steroid dienone is 1. The van der Waals surface area contributed by atoms with Gasteiger partial charge in [-0.05, 0) is 31.1 Å². The van der Waals surface area contributed by atoms with Gasteiger partial charge in [0, 0.05) is 18.3 Å². The number of rotatable bonds is 10. The number of ketones is 2. The lowest BCUT2D eigenvalue weighted by Crippen LogP contribution is -2.37. The number of Topliss-reactive ketones (excluding diaryl/α,β-unsaturated/α-hetero) is 2. The number of nitrogens with zero attached hydrogens (tertiary/aromatic N) is 1. The molecule has 0 saturated carbocycles. The molecule has 2 aliphatic rings. The van der Waals surface area contributed by atoms with Crippen molar-refractivity contribution >= 4 is 34.7 Å². The normalized spacial score (nSPS) is 19.2. The molecule has 33 heavy (non-hydrogen) atoms. The van der Waals surface area contributed by atoms with Crippen molar-refractivity contribution in [3.05, 3.63) is 47.2 Å². The Bertz CT molecular complexity index is 1030. The van der Waals surface area contributed by atoms with Gasteiger partial charge in [0.15, 0.2) is 18.2 Å². The van der Waals surface area contributed by atoms with Crippen LogP contribution < -0.4 is 10.5 Å². The molecule has 1 aromatic rings. The smallest absolute Gasteiger partial charge is 0.344 e. The molecule has 0 amide bonds. The monoisotopic (exact) mass is 472 g/mol. The number of fused-ring (bicyclic) bond motifs is 1. The first-order valence-corrected chi connectivity index (χ1v) is 11.3. The average Bonchev–Trinajstić information content (AvgIpc) is 3.17. The van der Waals surface area contributed by atoms with Crippen LogP contribution >= 0.6 is 12.2 Å². The molecule has 2 unspecified atom stereocenters. The Morgan fingerprint density at radius 3 is 2.73 bits per heavy atom. The van der Waals surface area contributed by atoms with Crippen LogP contribution in [0, 0.1) is 11.8 Å². The summed E-state index contributed by atoms with van der Waals surface area (Å²) in [5.74, 6) is -1.64. The van der Waals surface area contributed by atoms with Crippen LogP contribution in [0.15, 0.2) is 36.1 Å². The van der Waals surface area contributed by atoms with Crippen LogP contribution in [0.2, 0.25) is 0 Å². The largest absolute Gasteiger partial charge is 0.507 e. The molecule has 0 saturated heterocycles. The van der Waals surface area contributed by atoms with Crippen LogP contribution in [0.4, 0.5) is 0 Å². The third kappa shape index (κ3) is 5.42. The second-order valence-electron chi connectivity index (χ2n) is 7.96. The fourth-order valence-electron chi connectivity index (χ4n) is 4.05. The maximum absolute atomic E-state index is 13.0. The van der Waals surface area contributed by atoms with Gasteiger partial charge in [-0.3, -0.25) is 9.59 Å². The van der Waals surface area contributed by atoms with E-state index < -0.39 is 11.9 Å². The zero-order valence-corrected chi connectivity index (χ0v) is 19.5. The second-order valence-corrected chi connectivity index (χ2v) is 8.43. The predicted octanol–water partition coefficient (Wildman–Crippen LogP) is 2.33. The summed E-state index contributed by atoms with van der Waals surface area (Å²) in [4.78, 5) is 39.2. The van der Waals surface area contributed by atoms with Crippen molar-refractivity contribution < 1.29 is 29.0 Å². The molecular weight excluding hydrogens is 444 g/mol. The van der Waals surface area contributed by atoms with Gasteiger partial charge in [-0.25, -0.2) is 4.79 Å². The Morgan fingerprint density at radius 2 is 2.06 bits per heavy atom. The Labute approximate surface area is 198 Å². The van der Waals surface area contributed by atoms with Gasteiger partial charge in [-0.2, -0.15) is 0 Å². The van der Waals surface area contributed by atoms with E-state index in [0.717, 1.165) is 5.57 Å². The topological polar surface area (TPSA) is 119 Å². The van der Waals surface area contributed by atoms with Crippen molar-refractivity contribution in [1.82, 2.24) is 4.90 Å². The van der Waals surface area contributed by atoms with Crippen molar-refractivity contribution in [3.63, 3.8) is 0 Å². The second kappa shape index (κ2) is 10.6. The van der Waals surface area contributed by atoms with E-state index in [-0.39, 0.29) is 53.5 Å². The molecule has 9 heteroatoms. The number of ether oxygens (including phenoxy) is 2. The first kappa shape index (κ1) is 24.4. The molecule has 0 fully saturated rings. The Balaban J connectivity index is 1.73. The van der Waals surface area contributed by atoms with E-state index in [1.54, 1.807) is 30.2 Å². The molecule has 2 atom stereocenters. The Morgan fingerprint density at radius 1 is 1.30 bits per heavy atom. The fraction of sp³-hybridized carbons (Fsp3) is 0.417. The molecule has 0 radical (unpaired) electrons.